The van der Waals surface area contributed by atoms with E-state index >= 15 is 0 Å². The lowest BCUT2D eigenvalue weighted by atomic mass is 10.1. The van der Waals surface area contributed by atoms with Crippen LogP contribution in [0.25, 0.3) is 0 Å². The number of halogens is 1. The van der Waals surface area contributed by atoms with Crippen molar-refractivity contribution >= 4 is 5.71 Å². The van der Waals surface area contributed by atoms with Crippen molar-refractivity contribution in [1.29, 1.82) is 0 Å². The van der Waals surface area contributed by atoms with E-state index in [0.717, 1.165) is 0 Å². The van der Waals surface area contributed by atoms with E-state index in [9.17, 15) is 4.39 Å². The Morgan fingerprint density at radius 3 is 2.58 bits per heavy atom. The zero-order chi connectivity index (χ0) is 14.5. The summed E-state index contributed by atoms with van der Waals surface area (Å²) in [5.41, 5.74) is 0.502. The van der Waals surface area contributed by atoms with Gasteiger partial charge in [0.15, 0.2) is 0 Å². The summed E-state index contributed by atoms with van der Waals surface area (Å²) in [7, 11) is 0. The van der Waals surface area contributed by atoms with Crippen LogP contribution in [-0.4, -0.2) is 29.7 Å². The van der Waals surface area contributed by atoms with Crippen molar-refractivity contribution in [3.63, 3.8) is 0 Å². The molecule has 5 heteroatoms. The maximum Gasteiger partial charge on any atom is 0.128 e. The highest BCUT2D eigenvalue weighted by Crippen LogP contribution is 2.20. The first-order chi connectivity index (χ1) is 8.83. The van der Waals surface area contributed by atoms with Gasteiger partial charge in [0.2, 0.25) is 0 Å². The van der Waals surface area contributed by atoms with Gasteiger partial charge in [-0.05, 0) is 45.9 Å². The molecule has 0 radical (unpaired) electrons. The SMILES string of the molecule is C/C(=N/O)c1cc(F)ccc1OCCOC(C)(C)C. The van der Waals surface area contributed by atoms with Crippen LogP contribution >= 0.6 is 0 Å². The maximum absolute atomic E-state index is 13.2. The summed E-state index contributed by atoms with van der Waals surface area (Å²) in [6.45, 7) is 8.22. The van der Waals surface area contributed by atoms with Gasteiger partial charge in [0.25, 0.3) is 0 Å². The lowest BCUT2D eigenvalue weighted by Gasteiger charge is -2.20. The molecule has 0 heterocycles. The average molecular weight is 269 g/mol. The molecule has 0 aliphatic rings. The second-order valence-corrected chi connectivity index (χ2v) is 5.14. The minimum Gasteiger partial charge on any atom is -0.490 e. The van der Waals surface area contributed by atoms with Crippen LogP contribution in [0.1, 0.15) is 33.3 Å². The Morgan fingerprint density at radius 2 is 2.00 bits per heavy atom. The second-order valence-electron chi connectivity index (χ2n) is 5.14. The molecule has 19 heavy (non-hydrogen) atoms. The molecule has 1 aromatic carbocycles. The molecular weight excluding hydrogens is 249 g/mol. The highest BCUT2D eigenvalue weighted by molar-refractivity contribution is 6.00. The monoisotopic (exact) mass is 269 g/mol. The molecule has 0 saturated heterocycles. The van der Waals surface area contributed by atoms with Crippen LogP contribution in [0.3, 0.4) is 0 Å². The van der Waals surface area contributed by atoms with Gasteiger partial charge in [-0.2, -0.15) is 0 Å². The second kappa shape index (κ2) is 6.52. The third-order valence-corrected chi connectivity index (χ3v) is 2.36. The van der Waals surface area contributed by atoms with Crippen molar-refractivity contribution in [1.82, 2.24) is 0 Å². The van der Waals surface area contributed by atoms with Crippen LogP contribution in [0.5, 0.6) is 5.75 Å². The van der Waals surface area contributed by atoms with Crippen LogP contribution in [0.15, 0.2) is 23.4 Å². The number of benzene rings is 1. The molecule has 106 valence electrons. The fourth-order valence-corrected chi connectivity index (χ4v) is 1.46. The van der Waals surface area contributed by atoms with Crippen molar-refractivity contribution < 1.29 is 19.1 Å². The Bertz CT molecular complexity index is 452. The van der Waals surface area contributed by atoms with Crippen molar-refractivity contribution in [2.75, 3.05) is 13.2 Å². The van der Waals surface area contributed by atoms with Gasteiger partial charge in [-0.15, -0.1) is 0 Å². The molecule has 1 aromatic rings. The van der Waals surface area contributed by atoms with Crippen LogP contribution < -0.4 is 4.74 Å². The fraction of sp³-hybridized carbons (Fsp3) is 0.500. The quantitative estimate of drug-likeness (QED) is 0.386. The zero-order valence-corrected chi connectivity index (χ0v) is 11.7. The predicted molar refractivity (Wildman–Crippen MR) is 71.6 cm³/mol. The summed E-state index contributed by atoms with van der Waals surface area (Å²) in [6, 6.07) is 4.08. The number of rotatable bonds is 5. The molecule has 0 amide bonds. The largest absolute Gasteiger partial charge is 0.490 e. The molecule has 0 spiro atoms. The number of oxime groups is 1. The minimum absolute atomic E-state index is 0.225. The molecule has 0 aliphatic carbocycles. The fourth-order valence-electron chi connectivity index (χ4n) is 1.46. The summed E-state index contributed by atoms with van der Waals surface area (Å²) in [5.74, 6) is 0.0606. The smallest absolute Gasteiger partial charge is 0.128 e. The number of hydrogen-bond acceptors (Lipinski definition) is 4. The lowest BCUT2D eigenvalue weighted by molar-refractivity contribution is -0.0163. The van der Waals surface area contributed by atoms with Crippen molar-refractivity contribution in [3.8, 4) is 5.75 Å². The third-order valence-electron chi connectivity index (χ3n) is 2.36. The topological polar surface area (TPSA) is 51.1 Å². The van der Waals surface area contributed by atoms with E-state index in [0.29, 0.717) is 30.2 Å². The van der Waals surface area contributed by atoms with E-state index in [4.69, 9.17) is 14.7 Å². The van der Waals surface area contributed by atoms with Gasteiger partial charge >= 0.3 is 0 Å². The predicted octanol–water partition coefficient (Wildman–Crippen LogP) is 3.22. The van der Waals surface area contributed by atoms with E-state index in [1.807, 2.05) is 20.8 Å². The van der Waals surface area contributed by atoms with Crippen molar-refractivity contribution in [2.24, 2.45) is 5.16 Å². The maximum atomic E-state index is 13.2. The molecule has 1 rings (SSSR count). The van der Waals surface area contributed by atoms with Crippen LogP contribution in [0.4, 0.5) is 4.39 Å². The third kappa shape index (κ3) is 5.26. The van der Waals surface area contributed by atoms with E-state index in [2.05, 4.69) is 5.16 Å². The summed E-state index contributed by atoms with van der Waals surface area (Å²) in [6.07, 6.45) is 0. The van der Waals surface area contributed by atoms with Crippen molar-refractivity contribution in [2.45, 2.75) is 33.3 Å². The molecule has 0 aliphatic heterocycles. The minimum atomic E-state index is -0.406. The Hall–Kier alpha value is -1.62. The zero-order valence-electron chi connectivity index (χ0n) is 11.7. The summed E-state index contributed by atoms with van der Waals surface area (Å²) >= 11 is 0. The van der Waals surface area contributed by atoms with Crippen LogP contribution in [0.2, 0.25) is 0 Å². The first kappa shape index (κ1) is 15.4. The first-order valence-electron chi connectivity index (χ1n) is 6.09. The van der Waals surface area contributed by atoms with Gasteiger partial charge < -0.3 is 14.7 Å². The van der Waals surface area contributed by atoms with Crippen LogP contribution in [-0.2, 0) is 4.74 Å². The molecule has 1 N–H and O–H groups in total. The van der Waals surface area contributed by atoms with E-state index in [1.54, 1.807) is 6.92 Å². The van der Waals surface area contributed by atoms with Gasteiger partial charge in [-0.25, -0.2) is 4.39 Å². The summed E-state index contributed by atoms with van der Waals surface area (Å²) in [5, 5.41) is 11.8. The van der Waals surface area contributed by atoms with Gasteiger partial charge in [0.1, 0.15) is 18.2 Å². The molecule has 0 saturated carbocycles. The molecule has 0 bridgehead atoms. The normalized spacial score (nSPS) is 12.6. The number of nitrogens with zero attached hydrogens (tertiary/aromatic N) is 1. The van der Waals surface area contributed by atoms with Gasteiger partial charge in [0.05, 0.1) is 17.9 Å². The highest BCUT2D eigenvalue weighted by Gasteiger charge is 2.11. The van der Waals surface area contributed by atoms with Gasteiger partial charge in [0, 0.05) is 5.56 Å². The van der Waals surface area contributed by atoms with Crippen LogP contribution in [0, 0.1) is 5.82 Å². The Kier molecular flexibility index (Phi) is 5.30. The van der Waals surface area contributed by atoms with Gasteiger partial charge in [-0.3, -0.25) is 0 Å². The molecule has 0 unspecified atom stereocenters. The van der Waals surface area contributed by atoms with E-state index in [-0.39, 0.29) is 5.60 Å². The first-order valence-corrected chi connectivity index (χ1v) is 6.09. The lowest BCUT2D eigenvalue weighted by Crippen LogP contribution is -2.22. The molecular formula is C14H20FNO3. The Labute approximate surface area is 112 Å². The highest BCUT2D eigenvalue weighted by atomic mass is 19.1. The molecule has 0 aromatic heterocycles. The molecule has 4 nitrogen and oxygen atoms in total. The summed E-state index contributed by atoms with van der Waals surface area (Å²) in [4.78, 5) is 0. The standard InChI is InChI=1S/C14H20FNO3/c1-10(16-17)12-9-11(15)5-6-13(12)18-7-8-19-14(2,3)4/h5-6,9,17H,7-8H2,1-4H3/b16-10-. The molecule has 0 fully saturated rings. The summed E-state index contributed by atoms with van der Waals surface area (Å²) < 4.78 is 24.2. The van der Waals surface area contributed by atoms with Gasteiger partial charge in [-0.1, -0.05) is 5.16 Å². The van der Waals surface area contributed by atoms with E-state index < -0.39 is 5.82 Å². The average Bonchev–Trinajstić information content (AvgIpc) is 2.33. The Morgan fingerprint density at radius 1 is 1.32 bits per heavy atom. The number of hydrogen-bond donors (Lipinski definition) is 1. The Balaban J connectivity index is 2.68. The van der Waals surface area contributed by atoms with E-state index in [1.165, 1.54) is 18.2 Å². The van der Waals surface area contributed by atoms with Crippen molar-refractivity contribution in [3.05, 3.63) is 29.6 Å². The number of ether oxygens (including phenoxy) is 2. The molecule has 0 atom stereocenters.